The van der Waals surface area contributed by atoms with E-state index in [0.29, 0.717) is 16.7 Å². The van der Waals surface area contributed by atoms with Gasteiger partial charge in [-0.2, -0.15) is 0 Å². The molecule has 0 amide bonds. The van der Waals surface area contributed by atoms with Crippen molar-refractivity contribution in [1.29, 1.82) is 0 Å². The van der Waals surface area contributed by atoms with Gasteiger partial charge in [-0.3, -0.25) is 4.79 Å². The second kappa shape index (κ2) is 9.23. The lowest BCUT2D eigenvalue weighted by atomic mass is 10.1. The van der Waals surface area contributed by atoms with Gasteiger partial charge in [0.2, 0.25) is 10.0 Å². The second-order valence-corrected chi connectivity index (χ2v) is 9.09. The average molecular weight is 435 g/mol. The molecule has 1 heterocycles. The first kappa shape index (κ1) is 22.4. The van der Waals surface area contributed by atoms with Crippen LogP contribution in [0.1, 0.15) is 48.1 Å². The summed E-state index contributed by atoms with van der Waals surface area (Å²) in [5, 5.41) is 30.3. The van der Waals surface area contributed by atoms with Gasteiger partial charge in [-0.05, 0) is 24.0 Å². The van der Waals surface area contributed by atoms with Crippen molar-refractivity contribution < 1.29 is 28.5 Å². The highest BCUT2D eigenvalue weighted by atomic mass is 32.2. The quantitative estimate of drug-likeness (QED) is 0.471. The van der Waals surface area contributed by atoms with Crippen LogP contribution >= 0.6 is 0 Å². The number of aliphatic hydroxyl groups excluding tert-OH is 2. The number of aliphatic hydroxyl groups is 2. The summed E-state index contributed by atoms with van der Waals surface area (Å²) in [6.07, 6.45) is -1.45. The molecule has 0 spiro atoms. The van der Waals surface area contributed by atoms with Crippen LogP contribution in [0.15, 0.2) is 48.5 Å². The zero-order chi connectivity index (χ0) is 21.9. The third-order valence-corrected chi connectivity index (χ3v) is 6.62. The molecule has 2 aromatic carbocycles. The molecule has 1 aliphatic heterocycles. The molecule has 3 atom stereocenters. The van der Waals surface area contributed by atoms with Crippen molar-refractivity contribution in [1.82, 2.24) is 9.62 Å². The van der Waals surface area contributed by atoms with Crippen LogP contribution in [-0.2, 0) is 27.0 Å². The van der Waals surface area contributed by atoms with E-state index in [-0.39, 0.29) is 18.7 Å². The molecule has 162 valence electrons. The number of carboxylic acids is 1. The van der Waals surface area contributed by atoms with Crippen molar-refractivity contribution in [2.75, 3.05) is 6.54 Å². The van der Waals surface area contributed by atoms with Crippen LogP contribution in [-0.4, -0.2) is 47.2 Å². The van der Waals surface area contributed by atoms with E-state index in [0.717, 1.165) is 12.0 Å². The highest BCUT2D eigenvalue weighted by Crippen LogP contribution is 2.38. The van der Waals surface area contributed by atoms with Crippen LogP contribution in [0.3, 0.4) is 0 Å². The Balaban J connectivity index is 1.64. The van der Waals surface area contributed by atoms with E-state index in [1.807, 2.05) is 19.1 Å². The number of aliphatic carboxylic acids is 1. The number of hydrogen-bond acceptors (Lipinski definition) is 6. The molecule has 3 unspecified atom stereocenters. The van der Waals surface area contributed by atoms with Gasteiger partial charge in [0.15, 0.2) is 0 Å². The fourth-order valence-corrected chi connectivity index (χ4v) is 4.94. The number of sulfonamides is 1. The predicted octanol–water partition coefficient (Wildman–Crippen LogP) is 1.51. The molecule has 0 bridgehead atoms. The lowest BCUT2D eigenvalue weighted by Gasteiger charge is -2.25. The number of aryl methyl sites for hydroxylation is 1. The van der Waals surface area contributed by atoms with Crippen molar-refractivity contribution in [2.45, 2.75) is 44.0 Å². The van der Waals surface area contributed by atoms with Gasteiger partial charge in [0.25, 0.3) is 0 Å². The molecule has 1 aliphatic rings. The lowest BCUT2D eigenvalue weighted by Crippen LogP contribution is -2.43. The molecule has 3 rings (SSSR count). The van der Waals surface area contributed by atoms with Gasteiger partial charge in [0.1, 0.15) is 18.5 Å². The Morgan fingerprint density at radius 2 is 1.57 bits per heavy atom. The average Bonchev–Trinajstić information content (AvgIpc) is 2.96. The van der Waals surface area contributed by atoms with Crippen LogP contribution in [0, 0.1) is 0 Å². The zero-order valence-corrected chi connectivity index (χ0v) is 17.4. The van der Waals surface area contributed by atoms with Crippen LogP contribution in [0.2, 0.25) is 0 Å². The van der Waals surface area contributed by atoms with Crippen molar-refractivity contribution in [3.05, 3.63) is 70.8 Å². The summed E-state index contributed by atoms with van der Waals surface area (Å²) in [7, 11) is -3.90. The smallest absolute Gasteiger partial charge is 0.321 e. The molecule has 0 aromatic heterocycles. The lowest BCUT2D eigenvalue weighted by molar-refractivity contribution is -0.140. The van der Waals surface area contributed by atoms with Gasteiger partial charge in [-0.15, -0.1) is 0 Å². The van der Waals surface area contributed by atoms with Crippen molar-refractivity contribution in [3.63, 3.8) is 0 Å². The number of hydrogen-bond donors (Lipinski definition) is 4. The molecular weight excluding hydrogens is 408 g/mol. The highest BCUT2D eigenvalue weighted by molar-refractivity contribution is 7.88. The van der Waals surface area contributed by atoms with Crippen molar-refractivity contribution in [2.24, 2.45) is 0 Å². The number of fused-ring (bicyclic) bond motifs is 1. The number of nitrogens with zero attached hydrogens (tertiary/aromatic N) is 1. The van der Waals surface area contributed by atoms with E-state index in [9.17, 15) is 28.5 Å². The summed E-state index contributed by atoms with van der Waals surface area (Å²) in [5.41, 5.74) is 2.74. The van der Waals surface area contributed by atoms with E-state index in [4.69, 9.17) is 0 Å². The molecule has 0 aliphatic carbocycles. The predicted molar refractivity (Wildman–Crippen MR) is 111 cm³/mol. The standard InChI is InChI=1S/C21H26N2O6S/c1-2-14-7-9-15(10-8-14)13-30(28,29)22-18(21(26)27)11-12-23-19(24)16-5-3-4-6-17(16)20(23)25/h3-10,18-20,22,24-25H,2,11-13H2,1H3,(H,26,27). The summed E-state index contributed by atoms with van der Waals surface area (Å²) in [6.45, 7) is 1.99. The van der Waals surface area contributed by atoms with E-state index in [2.05, 4.69) is 4.72 Å². The summed E-state index contributed by atoms with van der Waals surface area (Å²) >= 11 is 0. The molecule has 30 heavy (non-hydrogen) atoms. The maximum Gasteiger partial charge on any atom is 0.321 e. The first-order valence-corrected chi connectivity index (χ1v) is 11.4. The van der Waals surface area contributed by atoms with E-state index < -0.39 is 34.5 Å². The normalized spacial score (nSPS) is 20.1. The molecule has 8 nitrogen and oxygen atoms in total. The first-order chi connectivity index (χ1) is 14.2. The molecular formula is C21H26N2O6S. The molecule has 0 saturated heterocycles. The monoisotopic (exact) mass is 434 g/mol. The summed E-state index contributed by atoms with van der Waals surface area (Å²) in [4.78, 5) is 13.0. The van der Waals surface area contributed by atoms with Crippen LogP contribution < -0.4 is 4.72 Å². The van der Waals surface area contributed by atoms with Crippen molar-refractivity contribution >= 4 is 16.0 Å². The number of benzene rings is 2. The minimum absolute atomic E-state index is 0.0122. The van der Waals surface area contributed by atoms with Gasteiger partial charge in [0, 0.05) is 17.7 Å². The largest absolute Gasteiger partial charge is 0.480 e. The molecule has 2 aromatic rings. The van der Waals surface area contributed by atoms with Gasteiger partial charge in [-0.25, -0.2) is 18.0 Å². The van der Waals surface area contributed by atoms with Gasteiger partial charge in [0.05, 0.1) is 5.75 Å². The summed E-state index contributed by atoms with van der Waals surface area (Å²) in [5.74, 6) is -1.65. The fourth-order valence-electron chi connectivity index (χ4n) is 3.58. The number of carbonyl (C=O) groups is 1. The zero-order valence-electron chi connectivity index (χ0n) is 16.6. The Bertz CT molecular complexity index is 964. The van der Waals surface area contributed by atoms with Crippen LogP contribution in [0.5, 0.6) is 0 Å². The van der Waals surface area contributed by atoms with Crippen LogP contribution in [0.25, 0.3) is 0 Å². The minimum atomic E-state index is -3.90. The third-order valence-electron chi connectivity index (χ3n) is 5.26. The Hall–Kier alpha value is -2.30. The molecule has 0 saturated carbocycles. The van der Waals surface area contributed by atoms with E-state index >= 15 is 0 Å². The highest BCUT2D eigenvalue weighted by Gasteiger charge is 2.36. The SMILES string of the molecule is CCc1ccc(CS(=O)(=O)NC(CCN2C(O)c3ccccc3C2O)C(=O)O)cc1. The first-order valence-electron chi connectivity index (χ1n) is 9.73. The third kappa shape index (κ3) is 5.05. The van der Waals surface area contributed by atoms with Gasteiger partial charge < -0.3 is 15.3 Å². The molecule has 0 radical (unpaired) electrons. The molecule has 4 N–H and O–H groups in total. The van der Waals surface area contributed by atoms with E-state index in [1.165, 1.54) is 4.90 Å². The fraction of sp³-hybridized carbons (Fsp3) is 0.381. The summed E-state index contributed by atoms with van der Waals surface area (Å²) in [6, 6.07) is 12.6. The van der Waals surface area contributed by atoms with Crippen LogP contribution in [0.4, 0.5) is 0 Å². The van der Waals surface area contributed by atoms with Gasteiger partial charge in [-0.1, -0.05) is 55.5 Å². The minimum Gasteiger partial charge on any atom is -0.480 e. The number of carboxylic acid groups (broad SMARTS) is 1. The summed E-state index contributed by atoms with van der Waals surface area (Å²) < 4.78 is 27.2. The maximum absolute atomic E-state index is 12.5. The van der Waals surface area contributed by atoms with E-state index in [1.54, 1.807) is 36.4 Å². The Morgan fingerprint density at radius 1 is 1.03 bits per heavy atom. The maximum atomic E-state index is 12.5. The molecule has 9 heteroatoms. The Kier molecular flexibility index (Phi) is 6.89. The van der Waals surface area contributed by atoms with Gasteiger partial charge >= 0.3 is 5.97 Å². The number of nitrogens with one attached hydrogen (secondary N) is 1. The molecule has 0 fully saturated rings. The van der Waals surface area contributed by atoms with Crippen molar-refractivity contribution in [3.8, 4) is 0 Å². The number of rotatable bonds is 9. The Labute approximate surface area is 175 Å². The topological polar surface area (TPSA) is 127 Å². The second-order valence-electron chi connectivity index (χ2n) is 7.34. The Morgan fingerprint density at radius 3 is 2.07 bits per heavy atom.